The summed E-state index contributed by atoms with van der Waals surface area (Å²) in [5, 5.41) is 16.3. The predicted molar refractivity (Wildman–Crippen MR) is 125 cm³/mol. The van der Waals surface area contributed by atoms with Crippen LogP contribution < -0.4 is 26.0 Å². The van der Waals surface area contributed by atoms with Crippen molar-refractivity contribution in [3.63, 3.8) is 0 Å². The maximum Gasteiger partial charge on any atom is 0.347 e. The van der Waals surface area contributed by atoms with Crippen molar-refractivity contribution < 1.29 is 19.4 Å². The Labute approximate surface area is 193 Å². The molecule has 1 aromatic heterocycles. The SMILES string of the molecule is CCCCCCCn1nc(NCCOc2ccc(OC(C)(C)C(=O)O)cc2)c(=O)n(C)c1=O. The standard InChI is InChI=1S/C23H34N4O6/c1-5-6-7-8-9-15-27-22(31)26(4)20(28)19(25-27)24-14-16-32-17-10-12-18(13-11-17)33-23(2,3)21(29)30/h10-13H,5-9,14-16H2,1-4H3,(H,24,25)(H,29,30). The molecule has 0 spiro atoms. The summed E-state index contributed by atoms with van der Waals surface area (Å²) in [6, 6.07) is 6.59. The fourth-order valence-electron chi connectivity index (χ4n) is 3.03. The van der Waals surface area contributed by atoms with Gasteiger partial charge in [-0.15, -0.1) is 5.10 Å². The first-order valence-corrected chi connectivity index (χ1v) is 11.2. The number of carboxylic acids is 1. The van der Waals surface area contributed by atoms with Crippen molar-refractivity contribution >= 4 is 11.8 Å². The zero-order valence-corrected chi connectivity index (χ0v) is 19.8. The van der Waals surface area contributed by atoms with E-state index in [1.807, 2.05) is 0 Å². The smallest absolute Gasteiger partial charge is 0.347 e. The van der Waals surface area contributed by atoms with Crippen molar-refractivity contribution in [1.29, 1.82) is 0 Å². The highest BCUT2D eigenvalue weighted by Crippen LogP contribution is 2.22. The minimum Gasteiger partial charge on any atom is -0.492 e. The molecule has 182 valence electrons. The molecule has 1 aromatic carbocycles. The van der Waals surface area contributed by atoms with Crippen molar-refractivity contribution in [2.24, 2.45) is 7.05 Å². The van der Waals surface area contributed by atoms with Crippen LogP contribution >= 0.6 is 0 Å². The molecule has 0 amide bonds. The zero-order chi connectivity index (χ0) is 24.4. The van der Waals surface area contributed by atoms with Crippen molar-refractivity contribution in [2.75, 3.05) is 18.5 Å². The second kappa shape index (κ2) is 12.1. The molecule has 0 radical (unpaired) electrons. The molecule has 33 heavy (non-hydrogen) atoms. The highest BCUT2D eigenvalue weighted by Gasteiger charge is 2.29. The fourth-order valence-corrected chi connectivity index (χ4v) is 3.03. The number of aliphatic carboxylic acids is 1. The van der Waals surface area contributed by atoms with Gasteiger partial charge in [0.25, 0.3) is 5.56 Å². The van der Waals surface area contributed by atoms with E-state index in [0.29, 0.717) is 24.6 Å². The van der Waals surface area contributed by atoms with Crippen LogP contribution in [0.2, 0.25) is 0 Å². The fraction of sp³-hybridized carbons (Fsp3) is 0.565. The second-order valence-corrected chi connectivity index (χ2v) is 8.30. The second-order valence-electron chi connectivity index (χ2n) is 8.30. The van der Waals surface area contributed by atoms with Crippen LogP contribution in [0.4, 0.5) is 5.82 Å². The summed E-state index contributed by atoms with van der Waals surface area (Å²) in [4.78, 5) is 35.8. The highest BCUT2D eigenvalue weighted by molar-refractivity contribution is 5.76. The third-order valence-corrected chi connectivity index (χ3v) is 5.08. The Bertz CT molecular complexity index is 1030. The van der Waals surface area contributed by atoms with E-state index in [4.69, 9.17) is 14.6 Å². The Hall–Kier alpha value is -3.30. The number of aryl methyl sites for hydroxylation is 1. The van der Waals surface area contributed by atoms with Gasteiger partial charge >= 0.3 is 11.7 Å². The minimum absolute atomic E-state index is 0.105. The highest BCUT2D eigenvalue weighted by atomic mass is 16.5. The molecule has 0 aliphatic carbocycles. The van der Waals surface area contributed by atoms with Crippen molar-refractivity contribution in [3.05, 3.63) is 45.1 Å². The number of benzene rings is 1. The van der Waals surface area contributed by atoms with E-state index in [1.54, 1.807) is 24.3 Å². The van der Waals surface area contributed by atoms with Gasteiger partial charge in [0.1, 0.15) is 18.1 Å². The van der Waals surface area contributed by atoms with E-state index >= 15 is 0 Å². The van der Waals surface area contributed by atoms with Crippen LogP contribution in [0, 0.1) is 0 Å². The number of hydrogen-bond acceptors (Lipinski definition) is 7. The lowest BCUT2D eigenvalue weighted by atomic mass is 10.1. The van der Waals surface area contributed by atoms with Crippen LogP contribution in [0.3, 0.4) is 0 Å². The minimum atomic E-state index is -1.34. The van der Waals surface area contributed by atoms with Gasteiger partial charge in [0, 0.05) is 13.6 Å². The molecule has 0 unspecified atom stereocenters. The molecule has 10 nitrogen and oxygen atoms in total. The number of nitrogens with one attached hydrogen (secondary N) is 1. The van der Waals surface area contributed by atoms with E-state index in [1.165, 1.54) is 32.0 Å². The Morgan fingerprint density at radius 3 is 2.36 bits per heavy atom. The number of unbranched alkanes of at least 4 members (excludes halogenated alkanes) is 4. The van der Waals surface area contributed by atoms with Gasteiger partial charge in [0.05, 0.1) is 6.54 Å². The topological polar surface area (TPSA) is 125 Å². The average molecular weight is 463 g/mol. The van der Waals surface area contributed by atoms with Crippen molar-refractivity contribution in [1.82, 2.24) is 14.3 Å². The maximum absolute atomic E-state index is 12.3. The summed E-state index contributed by atoms with van der Waals surface area (Å²) in [7, 11) is 1.44. The number of aromatic nitrogens is 3. The molecule has 10 heteroatoms. The molecule has 0 aliphatic heterocycles. The average Bonchev–Trinajstić information content (AvgIpc) is 2.78. The van der Waals surface area contributed by atoms with Gasteiger partial charge in [-0.05, 0) is 44.5 Å². The molecule has 0 atom stereocenters. The van der Waals surface area contributed by atoms with Crippen LogP contribution in [-0.4, -0.2) is 44.2 Å². The van der Waals surface area contributed by atoms with Gasteiger partial charge in [-0.1, -0.05) is 32.6 Å². The summed E-state index contributed by atoms with van der Waals surface area (Å²) in [6.07, 6.45) is 5.27. The Kier molecular flexibility index (Phi) is 9.50. The van der Waals surface area contributed by atoms with E-state index in [0.717, 1.165) is 30.3 Å². The van der Waals surface area contributed by atoms with Crippen LogP contribution in [0.1, 0.15) is 52.9 Å². The molecular weight excluding hydrogens is 428 g/mol. The number of nitrogens with zero attached hydrogens (tertiary/aromatic N) is 3. The van der Waals surface area contributed by atoms with E-state index in [2.05, 4.69) is 17.3 Å². The Morgan fingerprint density at radius 1 is 1.09 bits per heavy atom. The van der Waals surface area contributed by atoms with Gasteiger partial charge in [0.15, 0.2) is 5.60 Å². The van der Waals surface area contributed by atoms with Crippen LogP contribution in [0.5, 0.6) is 11.5 Å². The summed E-state index contributed by atoms with van der Waals surface area (Å²) in [6.45, 7) is 6.11. The lowest BCUT2D eigenvalue weighted by Gasteiger charge is -2.21. The van der Waals surface area contributed by atoms with Crippen molar-refractivity contribution in [3.8, 4) is 11.5 Å². The molecule has 0 saturated heterocycles. The Balaban J connectivity index is 1.89. The first-order chi connectivity index (χ1) is 15.7. The number of rotatable bonds is 14. The first-order valence-electron chi connectivity index (χ1n) is 11.2. The summed E-state index contributed by atoms with van der Waals surface area (Å²) >= 11 is 0. The van der Waals surface area contributed by atoms with Crippen LogP contribution in [-0.2, 0) is 18.4 Å². The number of ether oxygens (including phenoxy) is 2. The quantitative estimate of drug-likeness (QED) is 0.411. The molecule has 0 aliphatic rings. The van der Waals surface area contributed by atoms with Gasteiger partial charge in [-0.25, -0.2) is 14.3 Å². The monoisotopic (exact) mass is 462 g/mol. The summed E-state index contributed by atoms with van der Waals surface area (Å²) in [5.41, 5.74) is -2.24. The summed E-state index contributed by atoms with van der Waals surface area (Å²) in [5.74, 6) is 0.0260. The molecule has 0 saturated carbocycles. The molecule has 1 heterocycles. The van der Waals surface area contributed by atoms with E-state index < -0.39 is 22.8 Å². The lowest BCUT2D eigenvalue weighted by Crippen LogP contribution is -2.41. The van der Waals surface area contributed by atoms with Gasteiger partial charge in [0.2, 0.25) is 5.82 Å². The third kappa shape index (κ3) is 7.65. The van der Waals surface area contributed by atoms with Gasteiger partial charge in [-0.3, -0.25) is 9.36 Å². The summed E-state index contributed by atoms with van der Waals surface area (Å²) < 4.78 is 13.5. The Morgan fingerprint density at radius 2 is 1.73 bits per heavy atom. The third-order valence-electron chi connectivity index (χ3n) is 5.08. The first kappa shape index (κ1) is 26.0. The van der Waals surface area contributed by atoms with Crippen LogP contribution in [0.25, 0.3) is 0 Å². The van der Waals surface area contributed by atoms with Crippen LogP contribution in [0.15, 0.2) is 33.9 Å². The number of carboxylic acid groups (broad SMARTS) is 1. The van der Waals surface area contributed by atoms with Crippen molar-refractivity contribution in [2.45, 2.75) is 65.0 Å². The normalized spacial score (nSPS) is 11.3. The number of carbonyl (C=O) groups is 1. The molecular formula is C23H34N4O6. The lowest BCUT2D eigenvalue weighted by molar-refractivity contribution is -0.152. The molecule has 2 aromatic rings. The zero-order valence-electron chi connectivity index (χ0n) is 19.8. The predicted octanol–water partition coefficient (Wildman–Crippen LogP) is 2.65. The van der Waals surface area contributed by atoms with Gasteiger partial charge in [-0.2, -0.15) is 0 Å². The van der Waals surface area contributed by atoms with E-state index in [9.17, 15) is 14.4 Å². The molecule has 0 fully saturated rings. The maximum atomic E-state index is 12.3. The van der Waals surface area contributed by atoms with E-state index in [-0.39, 0.29) is 12.4 Å². The number of hydrogen-bond donors (Lipinski definition) is 2. The largest absolute Gasteiger partial charge is 0.492 e. The molecule has 2 N–H and O–H groups in total. The molecule has 2 rings (SSSR count). The molecule has 0 bridgehead atoms. The number of anilines is 1. The van der Waals surface area contributed by atoms with Gasteiger partial charge < -0.3 is 19.9 Å².